The van der Waals surface area contributed by atoms with Crippen molar-refractivity contribution in [3.63, 3.8) is 0 Å². The van der Waals surface area contributed by atoms with Crippen LogP contribution in [-0.2, 0) is 4.79 Å². The predicted molar refractivity (Wildman–Crippen MR) is 87.6 cm³/mol. The van der Waals surface area contributed by atoms with Gasteiger partial charge in [0.05, 0.1) is 5.69 Å². The minimum Gasteiger partial charge on any atom is -0.399 e. The summed E-state index contributed by atoms with van der Waals surface area (Å²) in [6.45, 7) is 0. The third kappa shape index (κ3) is 4.06. The van der Waals surface area contributed by atoms with Gasteiger partial charge in [-0.15, -0.1) is 0 Å². The van der Waals surface area contributed by atoms with Crippen LogP contribution in [0.1, 0.15) is 5.56 Å². The maximum absolute atomic E-state index is 12.9. The zero-order chi connectivity index (χ0) is 14.5. The molecule has 2 aromatic carbocycles. The molecule has 0 aliphatic heterocycles. The Labute approximate surface area is 129 Å². The van der Waals surface area contributed by atoms with Gasteiger partial charge in [-0.3, -0.25) is 4.79 Å². The van der Waals surface area contributed by atoms with E-state index in [9.17, 15) is 9.18 Å². The molecule has 0 saturated carbocycles. The predicted octanol–water partition coefficient (Wildman–Crippen LogP) is 3.66. The van der Waals surface area contributed by atoms with Crippen LogP contribution in [0.2, 0.25) is 0 Å². The van der Waals surface area contributed by atoms with Crippen molar-refractivity contribution in [2.45, 2.75) is 0 Å². The van der Waals surface area contributed by atoms with E-state index in [1.165, 1.54) is 24.3 Å². The fraction of sp³-hybridized carbons (Fsp3) is 0. The lowest BCUT2D eigenvalue weighted by Gasteiger charge is -2.04. The number of benzene rings is 2. The van der Waals surface area contributed by atoms with E-state index in [-0.39, 0.29) is 11.7 Å². The highest BCUT2D eigenvalue weighted by atomic mass is 127. The van der Waals surface area contributed by atoms with Gasteiger partial charge in [0.1, 0.15) is 5.82 Å². The van der Waals surface area contributed by atoms with E-state index in [1.54, 1.807) is 18.2 Å². The highest BCUT2D eigenvalue weighted by Gasteiger charge is 2.03. The summed E-state index contributed by atoms with van der Waals surface area (Å²) in [5, 5.41) is 2.69. The number of nitrogen functional groups attached to an aromatic ring is 1. The molecule has 0 aliphatic carbocycles. The van der Waals surface area contributed by atoms with Gasteiger partial charge in [-0.1, -0.05) is 12.1 Å². The summed E-state index contributed by atoms with van der Waals surface area (Å²) in [7, 11) is 0. The van der Waals surface area contributed by atoms with Gasteiger partial charge < -0.3 is 11.1 Å². The van der Waals surface area contributed by atoms with E-state index >= 15 is 0 Å². The zero-order valence-electron chi connectivity index (χ0n) is 10.4. The molecule has 0 bridgehead atoms. The number of carbonyl (C=O) groups is 1. The Morgan fingerprint density at radius 3 is 2.75 bits per heavy atom. The monoisotopic (exact) mass is 382 g/mol. The lowest BCUT2D eigenvalue weighted by Crippen LogP contribution is -2.09. The molecule has 3 nitrogen and oxygen atoms in total. The molecule has 0 atom stereocenters. The Hall–Kier alpha value is -1.89. The Kier molecular flexibility index (Phi) is 4.73. The quantitative estimate of drug-likeness (QED) is 0.484. The third-order valence-corrected chi connectivity index (χ3v) is 3.42. The summed E-state index contributed by atoms with van der Waals surface area (Å²) in [5.74, 6) is -0.611. The maximum Gasteiger partial charge on any atom is 0.248 e. The van der Waals surface area contributed by atoms with E-state index < -0.39 is 0 Å². The molecule has 0 heterocycles. The van der Waals surface area contributed by atoms with Gasteiger partial charge in [0.25, 0.3) is 0 Å². The summed E-state index contributed by atoms with van der Waals surface area (Å²) in [4.78, 5) is 11.8. The Balaban J connectivity index is 2.05. The first-order chi connectivity index (χ1) is 9.54. The minimum absolute atomic E-state index is 0.281. The van der Waals surface area contributed by atoms with Gasteiger partial charge in [0.15, 0.2) is 0 Å². The zero-order valence-corrected chi connectivity index (χ0v) is 12.6. The Morgan fingerprint density at radius 2 is 2.05 bits per heavy atom. The molecule has 5 heteroatoms. The Morgan fingerprint density at radius 1 is 1.25 bits per heavy atom. The SMILES string of the molecule is Nc1cccc(/C=C/C(=O)Nc2ccc(F)cc2I)c1. The van der Waals surface area contributed by atoms with Gasteiger partial charge in [-0.25, -0.2) is 4.39 Å². The van der Waals surface area contributed by atoms with Crippen LogP contribution in [0.25, 0.3) is 6.08 Å². The molecule has 20 heavy (non-hydrogen) atoms. The first-order valence-electron chi connectivity index (χ1n) is 5.84. The molecule has 1 amide bonds. The van der Waals surface area contributed by atoms with E-state index in [0.717, 1.165) is 5.56 Å². The molecule has 2 aromatic rings. The van der Waals surface area contributed by atoms with Crippen molar-refractivity contribution in [3.05, 3.63) is 63.5 Å². The van der Waals surface area contributed by atoms with Crippen molar-refractivity contribution in [2.24, 2.45) is 0 Å². The molecular formula is C15H12FIN2O. The summed E-state index contributed by atoms with van der Waals surface area (Å²) in [6.07, 6.45) is 3.08. The smallest absolute Gasteiger partial charge is 0.248 e. The van der Waals surface area contributed by atoms with Crippen molar-refractivity contribution >= 4 is 45.9 Å². The summed E-state index contributed by atoms with van der Waals surface area (Å²) >= 11 is 1.97. The van der Waals surface area contributed by atoms with E-state index in [0.29, 0.717) is 14.9 Å². The Bertz CT molecular complexity index is 671. The van der Waals surface area contributed by atoms with Gasteiger partial charge in [0.2, 0.25) is 5.91 Å². The second-order valence-electron chi connectivity index (χ2n) is 4.12. The van der Waals surface area contributed by atoms with Gasteiger partial charge in [-0.2, -0.15) is 0 Å². The molecule has 2 rings (SSSR count). The maximum atomic E-state index is 12.9. The van der Waals surface area contributed by atoms with Crippen molar-refractivity contribution in [1.82, 2.24) is 0 Å². The van der Waals surface area contributed by atoms with E-state index in [4.69, 9.17) is 5.73 Å². The lowest BCUT2D eigenvalue weighted by atomic mass is 10.2. The average Bonchev–Trinajstić information content (AvgIpc) is 2.40. The van der Waals surface area contributed by atoms with Crippen molar-refractivity contribution in [2.75, 3.05) is 11.1 Å². The molecule has 0 aromatic heterocycles. The number of hydrogen-bond donors (Lipinski definition) is 2. The molecule has 0 saturated heterocycles. The van der Waals surface area contributed by atoms with Crippen molar-refractivity contribution in [3.8, 4) is 0 Å². The highest BCUT2D eigenvalue weighted by molar-refractivity contribution is 14.1. The number of carbonyl (C=O) groups excluding carboxylic acids is 1. The van der Waals surface area contributed by atoms with Crippen molar-refractivity contribution < 1.29 is 9.18 Å². The summed E-state index contributed by atoms with van der Waals surface area (Å²) < 4.78 is 13.6. The largest absolute Gasteiger partial charge is 0.399 e. The summed E-state index contributed by atoms with van der Waals surface area (Å²) in [6, 6.07) is 11.4. The van der Waals surface area contributed by atoms with E-state index in [1.807, 2.05) is 34.7 Å². The number of nitrogens with one attached hydrogen (secondary N) is 1. The van der Waals surface area contributed by atoms with Crippen molar-refractivity contribution in [1.29, 1.82) is 0 Å². The molecule has 3 N–H and O–H groups in total. The lowest BCUT2D eigenvalue weighted by molar-refractivity contribution is -0.111. The molecule has 0 unspecified atom stereocenters. The van der Waals surface area contributed by atoms with Crippen LogP contribution in [0.5, 0.6) is 0 Å². The third-order valence-electron chi connectivity index (χ3n) is 2.53. The molecule has 102 valence electrons. The molecule has 0 radical (unpaired) electrons. The van der Waals surface area contributed by atoms with Gasteiger partial charge in [-0.05, 0) is 64.6 Å². The van der Waals surface area contributed by atoms with Crippen LogP contribution in [-0.4, -0.2) is 5.91 Å². The standard InChI is InChI=1S/C15H12FIN2O/c16-11-5-6-14(13(17)9-11)19-15(20)7-4-10-2-1-3-12(18)8-10/h1-9H,18H2,(H,19,20)/b7-4+. The highest BCUT2D eigenvalue weighted by Crippen LogP contribution is 2.19. The fourth-order valence-electron chi connectivity index (χ4n) is 1.60. The topological polar surface area (TPSA) is 55.1 Å². The van der Waals surface area contributed by atoms with Gasteiger partial charge in [0, 0.05) is 15.3 Å². The molecule has 0 aliphatic rings. The minimum atomic E-state index is -0.331. The molecule has 0 spiro atoms. The first kappa shape index (κ1) is 14.5. The fourth-order valence-corrected chi connectivity index (χ4v) is 2.21. The molecule has 0 fully saturated rings. The number of anilines is 2. The van der Waals surface area contributed by atoms with Crippen LogP contribution in [0.4, 0.5) is 15.8 Å². The second kappa shape index (κ2) is 6.51. The van der Waals surface area contributed by atoms with Crippen LogP contribution in [0, 0.1) is 9.39 Å². The normalized spacial score (nSPS) is 10.7. The molecular weight excluding hydrogens is 370 g/mol. The van der Waals surface area contributed by atoms with E-state index in [2.05, 4.69) is 5.32 Å². The number of amides is 1. The van der Waals surface area contributed by atoms with Crippen LogP contribution in [0.15, 0.2) is 48.5 Å². The number of hydrogen-bond acceptors (Lipinski definition) is 2. The number of halogens is 2. The van der Waals surface area contributed by atoms with Gasteiger partial charge >= 0.3 is 0 Å². The first-order valence-corrected chi connectivity index (χ1v) is 6.92. The number of rotatable bonds is 3. The second-order valence-corrected chi connectivity index (χ2v) is 5.28. The number of nitrogens with two attached hydrogens (primary N) is 1. The summed E-state index contributed by atoms with van der Waals surface area (Å²) in [5.41, 5.74) is 7.71. The van der Waals surface area contributed by atoms with Crippen LogP contribution in [0.3, 0.4) is 0 Å². The van der Waals surface area contributed by atoms with Crippen LogP contribution < -0.4 is 11.1 Å². The average molecular weight is 382 g/mol. The van der Waals surface area contributed by atoms with Crippen LogP contribution >= 0.6 is 22.6 Å².